The average molecular weight is 236 g/mol. The maximum absolute atomic E-state index is 5.51. The fraction of sp³-hybridized carbons (Fsp3) is 0.417. The van der Waals surface area contributed by atoms with Crippen LogP contribution in [0.3, 0.4) is 0 Å². The molecule has 0 aromatic carbocycles. The molecule has 2 aromatic heterocycles. The Bertz CT molecular complexity index is 447. The lowest BCUT2D eigenvalue weighted by Gasteiger charge is -2.00. The lowest BCUT2D eigenvalue weighted by Crippen LogP contribution is -2.12. The summed E-state index contributed by atoms with van der Waals surface area (Å²) in [4.78, 5) is 5.58. The standard InChI is InChI=1S/C12H16N2OS/c1-3-10-6-14-12(15-10)8-13-7-11-9(2)4-5-16-11/h4-6,13H,3,7-8H2,1-2H3. The van der Waals surface area contributed by atoms with Gasteiger partial charge in [-0.1, -0.05) is 6.92 Å². The van der Waals surface area contributed by atoms with Gasteiger partial charge >= 0.3 is 0 Å². The number of thiophene rings is 1. The molecule has 0 saturated heterocycles. The molecular weight excluding hydrogens is 220 g/mol. The van der Waals surface area contributed by atoms with E-state index in [1.54, 1.807) is 17.5 Å². The van der Waals surface area contributed by atoms with Crippen LogP contribution in [0.5, 0.6) is 0 Å². The first-order valence-electron chi connectivity index (χ1n) is 5.47. The molecule has 1 N–H and O–H groups in total. The highest BCUT2D eigenvalue weighted by Crippen LogP contribution is 2.15. The van der Waals surface area contributed by atoms with Crippen LogP contribution in [-0.4, -0.2) is 4.98 Å². The van der Waals surface area contributed by atoms with Gasteiger partial charge in [0.15, 0.2) is 0 Å². The Morgan fingerprint density at radius 2 is 2.31 bits per heavy atom. The van der Waals surface area contributed by atoms with E-state index in [0.29, 0.717) is 6.54 Å². The van der Waals surface area contributed by atoms with Crippen molar-refractivity contribution in [3.05, 3.63) is 39.7 Å². The number of nitrogens with zero attached hydrogens (tertiary/aromatic N) is 1. The second-order valence-corrected chi connectivity index (χ2v) is 4.70. The summed E-state index contributed by atoms with van der Waals surface area (Å²) in [5.41, 5.74) is 1.35. The summed E-state index contributed by atoms with van der Waals surface area (Å²) in [6.07, 6.45) is 2.70. The second-order valence-electron chi connectivity index (χ2n) is 3.70. The predicted molar refractivity (Wildman–Crippen MR) is 65.5 cm³/mol. The molecule has 0 aliphatic rings. The van der Waals surface area contributed by atoms with Crippen LogP contribution in [0.15, 0.2) is 22.1 Å². The van der Waals surface area contributed by atoms with E-state index in [0.717, 1.165) is 24.6 Å². The van der Waals surface area contributed by atoms with Crippen molar-refractivity contribution in [1.29, 1.82) is 0 Å². The molecule has 86 valence electrons. The van der Waals surface area contributed by atoms with Crippen molar-refractivity contribution in [2.75, 3.05) is 0 Å². The van der Waals surface area contributed by atoms with E-state index in [2.05, 4.69) is 35.6 Å². The SMILES string of the molecule is CCc1cnc(CNCc2sccc2C)o1. The normalized spacial score (nSPS) is 10.9. The Morgan fingerprint density at radius 3 is 2.94 bits per heavy atom. The zero-order valence-corrected chi connectivity index (χ0v) is 10.4. The lowest BCUT2D eigenvalue weighted by atomic mass is 10.3. The number of rotatable bonds is 5. The van der Waals surface area contributed by atoms with E-state index in [-0.39, 0.29) is 0 Å². The molecule has 16 heavy (non-hydrogen) atoms. The van der Waals surface area contributed by atoms with E-state index in [4.69, 9.17) is 4.42 Å². The highest BCUT2D eigenvalue weighted by atomic mass is 32.1. The number of hydrogen-bond acceptors (Lipinski definition) is 4. The van der Waals surface area contributed by atoms with Crippen LogP contribution < -0.4 is 5.32 Å². The van der Waals surface area contributed by atoms with Gasteiger partial charge in [-0.2, -0.15) is 0 Å². The van der Waals surface area contributed by atoms with E-state index in [1.807, 2.05) is 0 Å². The van der Waals surface area contributed by atoms with Gasteiger partial charge in [-0.05, 0) is 23.9 Å². The van der Waals surface area contributed by atoms with Gasteiger partial charge in [0.25, 0.3) is 0 Å². The third kappa shape index (κ3) is 2.71. The molecule has 2 aromatic rings. The molecule has 0 spiro atoms. The highest BCUT2D eigenvalue weighted by molar-refractivity contribution is 7.10. The molecule has 0 bridgehead atoms. The number of nitrogens with one attached hydrogen (secondary N) is 1. The Morgan fingerprint density at radius 1 is 1.44 bits per heavy atom. The van der Waals surface area contributed by atoms with E-state index < -0.39 is 0 Å². The molecule has 2 heterocycles. The van der Waals surface area contributed by atoms with Gasteiger partial charge in [-0.3, -0.25) is 0 Å². The third-order valence-corrected chi connectivity index (χ3v) is 3.50. The van der Waals surface area contributed by atoms with Gasteiger partial charge in [0.05, 0.1) is 12.7 Å². The molecule has 0 unspecified atom stereocenters. The zero-order valence-electron chi connectivity index (χ0n) is 9.62. The monoisotopic (exact) mass is 236 g/mol. The first-order valence-corrected chi connectivity index (χ1v) is 6.35. The van der Waals surface area contributed by atoms with Crippen molar-refractivity contribution >= 4 is 11.3 Å². The first-order chi connectivity index (χ1) is 7.79. The van der Waals surface area contributed by atoms with Crippen LogP contribution in [0.2, 0.25) is 0 Å². The Balaban J connectivity index is 1.82. The average Bonchev–Trinajstić information content (AvgIpc) is 2.89. The lowest BCUT2D eigenvalue weighted by molar-refractivity contribution is 0.439. The van der Waals surface area contributed by atoms with Gasteiger partial charge in [0.1, 0.15) is 5.76 Å². The van der Waals surface area contributed by atoms with Crippen LogP contribution in [-0.2, 0) is 19.5 Å². The third-order valence-electron chi connectivity index (χ3n) is 2.48. The maximum atomic E-state index is 5.51. The van der Waals surface area contributed by atoms with Gasteiger partial charge < -0.3 is 9.73 Å². The molecular formula is C12H16N2OS. The van der Waals surface area contributed by atoms with Crippen molar-refractivity contribution in [3.63, 3.8) is 0 Å². The number of aryl methyl sites for hydroxylation is 2. The fourth-order valence-corrected chi connectivity index (χ4v) is 2.34. The molecule has 0 fully saturated rings. The molecule has 2 rings (SSSR count). The summed E-state index contributed by atoms with van der Waals surface area (Å²) >= 11 is 1.78. The van der Waals surface area contributed by atoms with Crippen LogP contribution in [0.25, 0.3) is 0 Å². The molecule has 0 saturated carbocycles. The van der Waals surface area contributed by atoms with Crippen LogP contribution >= 0.6 is 11.3 Å². The second kappa shape index (κ2) is 5.27. The number of hydrogen-bond donors (Lipinski definition) is 1. The predicted octanol–water partition coefficient (Wildman–Crippen LogP) is 2.90. The number of aromatic nitrogens is 1. The molecule has 0 aliphatic carbocycles. The molecule has 0 amide bonds. The Hall–Kier alpha value is -1.13. The molecule has 0 radical (unpaired) electrons. The summed E-state index contributed by atoms with van der Waals surface area (Å²) in [5.74, 6) is 1.72. The summed E-state index contributed by atoms with van der Waals surface area (Å²) in [6.45, 7) is 5.77. The molecule has 0 atom stereocenters. The quantitative estimate of drug-likeness (QED) is 0.867. The molecule has 0 aliphatic heterocycles. The van der Waals surface area contributed by atoms with Crippen LogP contribution in [0, 0.1) is 6.92 Å². The minimum atomic E-state index is 0.692. The van der Waals surface area contributed by atoms with E-state index in [9.17, 15) is 0 Å². The largest absolute Gasteiger partial charge is 0.444 e. The van der Waals surface area contributed by atoms with Crippen LogP contribution in [0.1, 0.15) is 29.0 Å². The van der Waals surface area contributed by atoms with Crippen molar-refractivity contribution in [1.82, 2.24) is 10.3 Å². The Kier molecular flexibility index (Phi) is 3.74. The first kappa shape index (κ1) is 11.4. The van der Waals surface area contributed by atoms with Crippen molar-refractivity contribution in [2.24, 2.45) is 0 Å². The topological polar surface area (TPSA) is 38.1 Å². The van der Waals surface area contributed by atoms with Gasteiger partial charge in [0, 0.05) is 17.8 Å². The maximum Gasteiger partial charge on any atom is 0.208 e. The summed E-state index contributed by atoms with van der Waals surface area (Å²) in [6, 6.07) is 2.14. The smallest absolute Gasteiger partial charge is 0.208 e. The summed E-state index contributed by atoms with van der Waals surface area (Å²) < 4.78 is 5.51. The minimum Gasteiger partial charge on any atom is -0.444 e. The fourth-order valence-electron chi connectivity index (χ4n) is 1.46. The number of oxazole rings is 1. The van der Waals surface area contributed by atoms with E-state index in [1.165, 1.54) is 10.4 Å². The Labute approximate surface area is 99.5 Å². The van der Waals surface area contributed by atoms with Crippen LogP contribution in [0.4, 0.5) is 0 Å². The summed E-state index contributed by atoms with van der Waals surface area (Å²) in [5, 5.41) is 5.45. The highest BCUT2D eigenvalue weighted by Gasteiger charge is 2.03. The van der Waals surface area contributed by atoms with E-state index >= 15 is 0 Å². The van der Waals surface area contributed by atoms with Gasteiger partial charge in [-0.25, -0.2) is 4.98 Å². The summed E-state index contributed by atoms with van der Waals surface area (Å²) in [7, 11) is 0. The molecule has 4 heteroatoms. The zero-order chi connectivity index (χ0) is 11.4. The van der Waals surface area contributed by atoms with Gasteiger partial charge in [0.2, 0.25) is 5.89 Å². The van der Waals surface area contributed by atoms with Crippen molar-refractivity contribution in [3.8, 4) is 0 Å². The minimum absolute atomic E-state index is 0.692. The molecule has 3 nitrogen and oxygen atoms in total. The van der Waals surface area contributed by atoms with Crippen molar-refractivity contribution < 1.29 is 4.42 Å². The van der Waals surface area contributed by atoms with Crippen molar-refractivity contribution in [2.45, 2.75) is 33.4 Å². The van der Waals surface area contributed by atoms with Gasteiger partial charge in [-0.15, -0.1) is 11.3 Å².